The number of hydrogen-bond donors (Lipinski definition) is 2. The minimum absolute atomic E-state index is 0.241. The normalized spacial score (nSPS) is 22.9. The van der Waals surface area contributed by atoms with Crippen molar-refractivity contribution in [2.24, 2.45) is 22.2 Å². The van der Waals surface area contributed by atoms with Gasteiger partial charge in [-0.05, 0) is 45.9 Å². The summed E-state index contributed by atoms with van der Waals surface area (Å²) in [7, 11) is 4.34. The Morgan fingerprint density at radius 1 is 1.56 bits per heavy atom. The molecule has 106 valence electrons. The Morgan fingerprint density at radius 3 is 2.72 bits per heavy atom. The molecule has 5 nitrogen and oxygen atoms in total. The van der Waals surface area contributed by atoms with E-state index >= 15 is 0 Å². The molecule has 0 aromatic heterocycles. The second-order valence-corrected chi connectivity index (χ2v) is 6.30. The Balaban J connectivity index is 2.30. The molecule has 0 spiro atoms. The van der Waals surface area contributed by atoms with E-state index in [1.165, 1.54) is 19.5 Å². The third kappa shape index (κ3) is 4.46. The minimum atomic E-state index is -0.241. The summed E-state index contributed by atoms with van der Waals surface area (Å²) < 4.78 is 0. The fraction of sp³-hybridized carbons (Fsp3) is 0.923. The lowest BCUT2D eigenvalue weighted by Crippen LogP contribution is -2.36. The second kappa shape index (κ2) is 6.38. The van der Waals surface area contributed by atoms with E-state index in [1.54, 1.807) is 0 Å². The molecule has 1 aliphatic rings. The first kappa shape index (κ1) is 15.2. The van der Waals surface area contributed by atoms with E-state index in [-0.39, 0.29) is 5.41 Å². The van der Waals surface area contributed by atoms with Crippen LogP contribution in [0.4, 0.5) is 0 Å². The third-order valence-corrected chi connectivity index (χ3v) is 3.98. The molecule has 0 saturated carbocycles. The highest BCUT2D eigenvalue weighted by Gasteiger charge is 2.25. The van der Waals surface area contributed by atoms with Gasteiger partial charge in [0.1, 0.15) is 5.84 Å². The topological polar surface area (TPSA) is 65.1 Å². The fourth-order valence-corrected chi connectivity index (χ4v) is 2.44. The van der Waals surface area contributed by atoms with Gasteiger partial charge in [-0.3, -0.25) is 0 Å². The summed E-state index contributed by atoms with van der Waals surface area (Å²) in [4.78, 5) is 4.75. The van der Waals surface area contributed by atoms with Gasteiger partial charge in [0.05, 0.1) is 0 Å². The van der Waals surface area contributed by atoms with Crippen molar-refractivity contribution in [3.8, 4) is 0 Å². The molecule has 0 radical (unpaired) electrons. The summed E-state index contributed by atoms with van der Waals surface area (Å²) >= 11 is 0. The molecule has 0 amide bonds. The van der Waals surface area contributed by atoms with E-state index in [9.17, 15) is 0 Å². The van der Waals surface area contributed by atoms with Crippen molar-refractivity contribution >= 4 is 5.84 Å². The third-order valence-electron chi connectivity index (χ3n) is 3.98. The largest absolute Gasteiger partial charge is 0.409 e. The summed E-state index contributed by atoms with van der Waals surface area (Å²) in [6.07, 6.45) is 2.20. The number of amidine groups is 1. The monoisotopic (exact) mass is 256 g/mol. The fourth-order valence-electron chi connectivity index (χ4n) is 2.44. The van der Waals surface area contributed by atoms with E-state index in [0.717, 1.165) is 25.4 Å². The summed E-state index contributed by atoms with van der Waals surface area (Å²) in [6.45, 7) is 8.56. The molecule has 1 fully saturated rings. The van der Waals surface area contributed by atoms with Crippen molar-refractivity contribution in [2.45, 2.75) is 26.7 Å². The quantitative estimate of drug-likeness (QED) is 0.322. The number of oxime groups is 1. The van der Waals surface area contributed by atoms with Gasteiger partial charge in [0.2, 0.25) is 0 Å². The Hall–Kier alpha value is -0.810. The molecule has 3 N–H and O–H groups in total. The van der Waals surface area contributed by atoms with Gasteiger partial charge in [-0.15, -0.1) is 0 Å². The lowest BCUT2D eigenvalue weighted by atomic mass is 9.88. The van der Waals surface area contributed by atoms with Crippen molar-refractivity contribution in [2.75, 3.05) is 40.3 Å². The highest BCUT2D eigenvalue weighted by molar-refractivity contribution is 5.85. The van der Waals surface area contributed by atoms with Crippen LogP contribution in [0.3, 0.4) is 0 Å². The Labute approximate surface area is 111 Å². The van der Waals surface area contributed by atoms with Crippen LogP contribution in [-0.4, -0.2) is 61.1 Å². The van der Waals surface area contributed by atoms with Crippen LogP contribution >= 0.6 is 0 Å². The van der Waals surface area contributed by atoms with E-state index in [0.29, 0.717) is 5.84 Å². The Kier molecular flexibility index (Phi) is 5.41. The Bertz CT molecular complexity index is 291. The van der Waals surface area contributed by atoms with Crippen LogP contribution in [0.15, 0.2) is 5.16 Å². The molecule has 1 unspecified atom stereocenters. The molecule has 1 heterocycles. The molecule has 1 atom stereocenters. The van der Waals surface area contributed by atoms with Gasteiger partial charge in [0, 0.05) is 18.5 Å². The molecule has 1 saturated heterocycles. The lowest BCUT2D eigenvalue weighted by Gasteiger charge is -2.27. The standard InChI is InChI=1S/C13H28N4O/c1-13(2,12(14)15-18)6-8-17(4)10-11-5-7-16(3)9-11/h11,18H,5-10H2,1-4H3,(H2,14,15). The first-order chi connectivity index (χ1) is 8.35. The number of nitrogens with zero attached hydrogens (tertiary/aromatic N) is 3. The van der Waals surface area contributed by atoms with E-state index in [2.05, 4.69) is 29.1 Å². The van der Waals surface area contributed by atoms with Gasteiger partial charge in [0.25, 0.3) is 0 Å². The lowest BCUT2D eigenvalue weighted by molar-refractivity contribution is 0.245. The van der Waals surface area contributed by atoms with Crippen molar-refractivity contribution in [3.05, 3.63) is 0 Å². The van der Waals surface area contributed by atoms with Crippen LogP contribution in [0.2, 0.25) is 0 Å². The molecule has 0 aliphatic carbocycles. The molecule has 1 rings (SSSR count). The number of nitrogens with two attached hydrogens (primary N) is 1. The molecular formula is C13H28N4O. The predicted octanol–water partition coefficient (Wildman–Crippen LogP) is 1.03. The van der Waals surface area contributed by atoms with Crippen LogP contribution in [0, 0.1) is 11.3 Å². The SMILES string of the molecule is CN1CCC(CN(C)CCC(C)(C)C(N)=NO)C1. The zero-order chi connectivity index (χ0) is 13.8. The average Bonchev–Trinajstić information content (AvgIpc) is 2.71. The summed E-state index contributed by atoms with van der Waals surface area (Å²) in [5, 5.41) is 11.9. The molecule has 18 heavy (non-hydrogen) atoms. The van der Waals surface area contributed by atoms with Crippen molar-refractivity contribution in [1.82, 2.24) is 9.80 Å². The van der Waals surface area contributed by atoms with Crippen LogP contribution in [-0.2, 0) is 0 Å². The molecule has 0 aromatic carbocycles. The summed E-state index contributed by atoms with van der Waals surface area (Å²) in [5.74, 6) is 1.10. The molecule has 1 aliphatic heterocycles. The first-order valence-electron chi connectivity index (χ1n) is 6.70. The maximum atomic E-state index is 8.74. The average molecular weight is 256 g/mol. The maximum absolute atomic E-state index is 8.74. The van der Waals surface area contributed by atoms with Gasteiger partial charge in [-0.25, -0.2) is 0 Å². The maximum Gasteiger partial charge on any atom is 0.144 e. The van der Waals surface area contributed by atoms with Crippen molar-refractivity contribution in [1.29, 1.82) is 0 Å². The van der Waals surface area contributed by atoms with Crippen LogP contribution in [0.5, 0.6) is 0 Å². The summed E-state index contributed by atoms with van der Waals surface area (Å²) in [6, 6.07) is 0. The first-order valence-corrected chi connectivity index (χ1v) is 6.70. The van der Waals surface area contributed by atoms with E-state index in [4.69, 9.17) is 10.9 Å². The van der Waals surface area contributed by atoms with Crippen LogP contribution in [0.1, 0.15) is 26.7 Å². The number of hydrogen-bond acceptors (Lipinski definition) is 4. The van der Waals surface area contributed by atoms with Crippen LogP contribution in [0.25, 0.3) is 0 Å². The van der Waals surface area contributed by atoms with Gasteiger partial charge >= 0.3 is 0 Å². The van der Waals surface area contributed by atoms with Gasteiger partial charge < -0.3 is 20.7 Å². The van der Waals surface area contributed by atoms with E-state index < -0.39 is 0 Å². The smallest absolute Gasteiger partial charge is 0.144 e. The molecular weight excluding hydrogens is 228 g/mol. The van der Waals surface area contributed by atoms with Gasteiger partial charge in [0.15, 0.2) is 0 Å². The van der Waals surface area contributed by atoms with Gasteiger partial charge in [-0.1, -0.05) is 19.0 Å². The minimum Gasteiger partial charge on any atom is -0.409 e. The molecule has 0 bridgehead atoms. The van der Waals surface area contributed by atoms with Gasteiger partial charge in [-0.2, -0.15) is 0 Å². The van der Waals surface area contributed by atoms with Crippen molar-refractivity contribution < 1.29 is 5.21 Å². The highest BCUT2D eigenvalue weighted by atomic mass is 16.4. The zero-order valence-corrected chi connectivity index (χ0v) is 12.2. The summed E-state index contributed by atoms with van der Waals surface area (Å²) in [5.41, 5.74) is 5.45. The number of likely N-dealkylation sites (tertiary alicyclic amines) is 1. The Morgan fingerprint density at radius 2 is 2.22 bits per heavy atom. The van der Waals surface area contributed by atoms with Crippen molar-refractivity contribution in [3.63, 3.8) is 0 Å². The second-order valence-electron chi connectivity index (χ2n) is 6.30. The highest BCUT2D eigenvalue weighted by Crippen LogP contribution is 2.21. The van der Waals surface area contributed by atoms with E-state index in [1.807, 2.05) is 13.8 Å². The number of rotatable bonds is 6. The van der Waals surface area contributed by atoms with Crippen LogP contribution < -0.4 is 5.73 Å². The molecule has 5 heteroatoms. The predicted molar refractivity (Wildman–Crippen MR) is 74.9 cm³/mol. The zero-order valence-electron chi connectivity index (χ0n) is 12.2. The molecule has 0 aromatic rings.